The van der Waals surface area contributed by atoms with Gasteiger partial charge in [0.1, 0.15) is 0 Å². The van der Waals surface area contributed by atoms with Gasteiger partial charge in [-0.25, -0.2) is 0 Å². The number of rotatable bonds is 8. The van der Waals surface area contributed by atoms with Crippen molar-refractivity contribution in [2.45, 2.75) is 83.0 Å². The summed E-state index contributed by atoms with van der Waals surface area (Å²) in [7, 11) is -6.79. The van der Waals surface area contributed by atoms with Crippen LogP contribution in [0.15, 0.2) is 121 Å². The van der Waals surface area contributed by atoms with Crippen molar-refractivity contribution in [3.63, 3.8) is 0 Å². The Kier molecular flexibility index (Phi) is 25.5. The van der Waals surface area contributed by atoms with Crippen LogP contribution in [0, 0.1) is 51.4 Å². The van der Waals surface area contributed by atoms with Crippen LogP contribution in [0.4, 0.5) is 17.3 Å². The SMILES string of the molecule is C[C@H](C[C@@H](C)P(c1ccccc1)c1ccccc1)P(c1ccccc1)c1ccccc1.F[B-](F)(F)F.[CH]1[CH]CC[CH][CH]CC1.[CH]1[CH]CC[CH][CH]CC1.[Rh]. The maximum absolute atomic E-state index is 9.75. The van der Waals surface area contributed by atoms with Crippen LogP contribution >= 0.6 is 15.8 Å². The summed E-state index contributed by atoms with van der Waals surface area (Å²) < 4.78 is 39.0. The molecule has 2 aliphatic rings. The zero-order valence-corrected chi connectivity index (χ0v) is 34.4. The summed E-state index contributed by atoms with van der Waals surface area (Å²) in [5, 5.41) is 5.92. The summed E-state index contributed by atoms with van der Waals surface area (Å²) >= 11 is 0. The first kappa shape index (κ1) is 47.3. The maximum Gasteiger partial charge on any atom is 0.673 e. The van der Waals surface area contributed by atoms with Crippen molar-refractivity contribution in [2.75, 3.05) is 0 Å². The van der Waals surface area contributed by atoms with E-state index in [2.05, 4.69) is 187 Å². The second-order valence-corrected chi connectivity index (χ2v) is 18.0. The van der Waals surface area contributed by atoms with E-state index in [-0.39, 0.29) is 19.5 Å². The second-order valence-electron chi connectivity index (χ2n) is 12.7. The van der Waals surface area contributed by atoms with Crippen LogP contribution in [-0.2, 0) is 19.5 Å². The second kappa shape index (κ2) is 28.5. The minimum absolute atomic E-state index is 0. The third-order valence-corrected chi connectivity index (χ3v) is 14.0. The van der Waals surface area contributed by atoms with Crippen molar-refractivity contribution in [1.82, 2.24) is 0 Å². The van der Waals surface area contributed by atoms with E-state index >= 15 is 0 Å². The van der Waals surface area contributed by atoms with Crippen LogP contribution in [-0.4, -0.2) is 18.6 Å². The Balaban J connectivity index is 0.000000357. The van der Waals surface area contributed by atoms with E-state index in [1.807, 2.05) is 0 Å². The third-order valence-electron chi connectivity index (χ3n) is 8.37. The van der Waals surface area contributed by atoms with Gasteiger partial charge in [-0.3, -0.25) is 0 Å². The minimum Gasteiger partial charge on any atom is -0.418 e. The first-order valence-corrected chi connectivity index (χ1v) is 21.3. The van der Waals surface area contributed by atoms with Gasteiger partial charge in [-0.2, -0.15) is 0 Å². The van der Waals surface area contributed by atoms with Crippen LogP contribution in [0.1, 0.15) is 71.6 Å². The fourth-order valence-corrected chi connectivity index (χ4v) is 11.9. The normalized spacial score (nSPS) is 16.2. The molecule has 8 heteroatoms. The summed E-state index contributed by atoms with van der Waals surface area (Å²) in [6.07, 6.45) is 29.2. The fourth-order valence-electron chi connectivity index (χ4n) is 6.09. The molecule has 4 aromatic rings. The molecule has 9 radical (unpaired) electrons. The van der Waals surface area contributed by atoms with Crippen molar-refractivity contribution in [3.8, 4) is 0 Å². The molecule has 2 fully saturated rings. The molecular formula is C45H54BF4P2Rh-. The van der Waals surface area contributed by atoms with E-state index in [9.17, 15) is 17.3 Å². The quantitative estimate of drug-likeness (QED) is 0.0942. The number of halogens is 4. The maximum atomic E-state index is 9.75. The molecule has 0 aromatic heterocycles. The smallest absolute Gasteiger partial charge is 0.418 e. The van der Waals surface area contributed by atoms with Gasteiger partial charge in [0.25, 0.3) is 0 Å². The van der Waals surface area contributed by atoms with Crippen molar-refractivity contribution < 1.29 is 36.7 Å². The summed E-state index contributed by atoms with van der Waals surface area (Å²) in [6, 6.07) is 44.5. The first-order valence-electron chi connectivity index (χ1n) is 18.5. The predicted octanol–water partition coefficient (Wildman–Crippen LogP) is 12.5. The molecule has 0 aliphatic heterocycles. The molecule has 6 rings (SSSR count). The van der Waals surface area contributed by atoms with Crippen LogP contribution in [0.3, 0.4) is 0 Å². The third kappa shape index (κ3) is 21.1. The Morgan fingerprint density at radius 2 is 0.566 bits per heavy atom. The molecule has 0 N–H and O–H groups in total. The largest absolute Gasteiger partial charge is 0.673 e. The predicted molar refractivity (Wildman–Crippen MR) is 223 cm³/mol. The van der Waals surface area contributed by atoms with Crippen LogP contribution in [0.25, 0.3) is 0 Å². The molecule has 2 saturated carbocycles. The van der Waals surface area contributed by atoms with Crippen molar-refractivity contribution >= 4 is 44.3 Å². The topological polar surface area (TPSA) is 0 Å². The molecule has 2 aliphatic carbocycles. The van der Waals surface area contributed by atoms with E-state index < -0.39 is 23.1 Å². The monoisotopic (exact) mass is 846 g/mol. The summed E-state index contributed by atoms with van der Waals surface area (Å²) in [4.78, 5) is 0. The van der Waals surface area contributed by atoms with Gasteiger partial charge in [0.2, 0.25) is 0 Å². The summed E-state index contributed by atoms with van der Waals surface area (Å²) in [5.41, 5.74) is 1.21. The molecule has 0 bridgehead atoms. The molecule has 0 unspecified atom stereocenters. The Bertz CT molecular complexity index is 1180. The minimum atomic E-state index is -6.00. The van der Waals surface area contributed by atoms with Gasteiger partial charge in [0.15, 0.2) is 0 Å². The van der Waals surface area contributed by atoms with E-state index in [0.717, 1.165) is 0 Å². The Morgan fingerprint density at radius 1 is 0.396 bits per heavy atom. The average molecular weight is 847 g/mol. The van der Waals surface area contributed by atoms with Crippen molar-refractivity contribution in [3.05, 3.63) is 173 Å². The zero-order chi connectivity index (χ0) is 37.3. The van der Waals surface area contributed by atoms with Crippen LogP contribution in [0.5, 0.6) is 0 Å². The average Bonchev–Trinajstić information content (AvgIpc) is 3.10. The molecule has 4 aromatic carbocycles. The standard InChI is InChI=1S/C29H30P2.2C8H12.BF4.Rh/c1-24(30(26-15-7-3-8-16-26)27-17-9-4-10-18-27)23-25(2)31(28-19-11-5-12-20-28)29-21-13-6-14-22-29;2*1-2-4-6-8-7-5-3-1;2-1(3,4)5;/h3-22,24-25H,23H2,1-2H3;2*1-2,7-8H,3-6H2;;/q;;;-1;/t24-,25-;;;;/m1..../s1. The first-order chi connectivity index (χ1) is 25.2. The van der Waals surface area contributed by atoms with Gasteiger partial charge < -0.3 is 17.3 Å². The molecular weight excluding hydrogens is 792 g/mol. The molecule has 0 spiro atoms. The molecule has 0 nitrogen and oxygen atoms in total. The van der Waals surface area contributed by atoms with E-state index in [1.165, 1.54) is 79.0 Å². The molecule has 0 saturated heterocycles. The van der Waals surface area contributed by atoms with Crippen LogP contribution in [0.2, 0.25) is 0 Å². The molecule has 285 valence electrons. The number of hydrogen-bond donors (Lipinski definition) is 0. The zero-order valence-electron chi connectivity index (χ0n) is 31.0. The van der Waals surface area contributed by atoms with E-state index in [4.69, 9.17) is 0 Å². The molecule has 0 amide bonds. The van der Waals surface area contributed by atoms with Gasteiger partial charge in [-0.05, 0) is 158 Å². The van der Waals surface area contributed by atoms with Gasteiger partial charge in [-0.1, -0.05) is 135 Å². The van der Waals surface area contributed by atoms with Crippen molar-refractivity contribution in [1.29, 1.82) is 0 Å². The number of hydrogen-bond acceptors (Lipinski definition) is 0. The Hall–Kier alpha value is -1.85. The van der Waals surface area contributed by atoms with Gasteiger partial charge in [0.05, 0.1) is 0 Å². The molecule has 53 heavy (non-hydrogen) atoms. The Morgan fingerprint density at radius 3 is 0.736 bits per heavy atom. The molecule has 2 atom stereocenters. The van der Waals surface area contributed by atoms with Crippen LogP contribution < -0.4 is 21.2 Å². The number of benzene rings is 4. The van der Waals surface area contributed by atoms with Gasteiger partial charge in [0, 0.05) is 19.5 Å². The summed E-state index contributed by atoms with van der Waals surface area (Å²) in [6.45, 7) is 4.93. The summed E-state index contributed by atoms with van der Waals surface area (Å²) in [5.74, 6) is 0. The van der Waals surface area contributed by atoms with Crippen molar-refractivity contribution in [2.24, 2.45) is 0 Å². The molecule has 0 heterocycles. The van der Waals surface area contributed by atoms with E-state index in [1.54, 1.807) is 0 Å². The van der Waals surface area contributed by atoms with Gasteiger partial charge in [-0.15, -0.1) is 0 Å². The van der Waals surface area contributed by atoms with E-state index in [0.29, 0.717) is 11.3 Å². The fraction of sp³-hybridized carbons (Fsp3) is 0.289. The van der Waals surface area contributed by atoms with Gasteiger partial charge >= 0.3 is 7.25 Å². The Labute approximate surface area is 335 Å².